The van der Waals surface area contributed by atoms with Gasteiger partial charge in [0.05, 0.1) is 5.60 Å². The number of hydrogen-bond acceptors (Lipinski definition) is 1. The predicted octanol–water partition coefficient (Wildman–Crippen LogP) is 3.59. The van der Waals surface area contributed by atoms with Crippen molar-refractivity contribution in [3.8, 4) is 0 Å². The fourth-order valence-electron chi connectivity index (χ4n) is 2.93. The lowest BCUT2D eigenvalue weighted by atomic mass is 9.62. The lowest BCUT2D eigenvalue weighted by Crippen LogP contribution is -2.46. The first-order valence-corrected chi connectivity index (χ1v) is 6.14. The predicted molar refractivity (Wildman–Crippen MR) is 63.7 cm³/mol. The molecule has 1 nitrogen and oxygen atoms in total. The second kappa shape index (κ2) is 3.79. The minimum absolute atomic E-state index is 0.0962. The lowest BCUT2D eigenvalue weighted by Gasteiger charge is -2.46. The zero-order valence-corrected chi connectivity index (χ0v) is 9.92. The van der Waals surface area contributed by atoms with Gasteiger partial charge in [-0.2, -0.15) is 0 Å². The molecule has 0 amide bonds. The third kappa shape index (κ3) is 1.90. The van der Waals surface area contributed by atoms with Crippen LogP contribution in [0.25, 0.3) is 0 Å². The second-order valence-corrected chi connectivity index (χ2v) is 5.53. The monoisotopic (exact) mass is 206 g/mol. The summed E-state index contributed by atoms with van der Waals surface area (Å²) in [6.45, 7) is 4.35. The fourth-order valence-corrected chi connectivity index (χ4v) is 2.93. The van der Waals surface area contributed by atoms with Crippen molar-refractivity contribution in [2.75, 3.05) is 0 Å². The molecule has 0 aromatic carbocycles. The van der Waals surface area contributed by atoms with Gasteiger partial charge in [-0.05, 0) is 26.2 Å². The molecule has 0 heterocycles. The average molecular weight is 206 g/mol. The summed E-state index contributed by atoms with van der Waals surface area (Å²) < 4.78 is 0. The molecule has 84 valence electrons. The van der Waals surface area contributed by atoms with Crippen LogP contribution < -0.4 is 0 Å². The molecule has 2 rings (SSSR count). The first-order valence-electron chi connectivity index (χ1n) is 6.14. The standard InChI is InChI=1S/C14H22O/c1-12-6-10-14(15,11-7-12)13(2)8-4-3-5-9-13/h6-7,10,15H,3-5,8-9,11H2,1-2H3. The van der Waals surface area contributed by atoms with Gasteiger partial charge < -0.3 is 5.11 Å². The number of allylic oxidation sites excluding steroid dienone is 2. The van der Waals surface area contributed by atoms with Crippen LogP contribution in [0, 0.1) is 5.41 Å². The average Bonchev–Trinajstić information content (AvgIpc) is 2.24. The van der Waals surface area contributed by atoms with Gasteiger partial charge in [-0.1, -0.05) is 50.0 Å². The Morgan fingerprint density at radius 3 is 2.40 bits per heavy atom. The molecule has 0 aromatic rings. The van der Waals surface area contributed by atoms with E-state index in [1.54, 1.807) is 0 Å². The van der Waals surface area contributed by atoms with Gasteiger partial charge in [0.15, 0.2) is 0 Å². The summed E-state index contributed by atoms with van der Waals surface area (Å²) >= 11 is 0. The Labute approximate surface area is 92.9 Å². The molecule has 0 aromatic heterocycles. The van der Waals surface area contributed by atoms with E-state index in [4.69, 9.17) is 0 Å². The Morgan fingerprint density at radius 1 is 1.20 bits per heavy atom. The molecule has 2 aliphatic carbocycles. The maximum absolute atomic E-state index is 10.7. The quantitative estimate of drug-likeness (QED) is 0.695. The molecule has 2 aliphatic rings. The molecular weight excluding hydrogens is 184 g/mol. The van der Waals surface area contributed by atoms with Gasteiger partial charge >= 0.3 is 0 Å². The Bertz CT molecular complexity index is 294. The summed E-state index contributed by atoms with van der Waals surface area (Å²) in [5.41, 5.74) is 0.783. The number of hydrogen-bond donors (Lipinski definition) is 1. The Kier molecular flexibility index (Phi) is 2.76. The van der Waals surface area contributed by atoms with Crippen molar-refractivity contribution in [3.05, 3.63) is 23.8 Å². The molecule has 0 aliphatic heterocycles. The first-order chi connectivity index (χ1) is 7.06. The van der Waals surface area contributed by atoms with Gasteiger partial charge in [-0.15, -0.1) is 0 Å². The van der Waals surface area contributed by atoms with Crippen LogP contribution in [0.2, 0.25) is 0 Å². The highest BCUT2D eigenvalue weighted by Gasteiger charge is 2.45. The van der Waals surface area contributed by atoms with Crippen molar-refractivity contribution < 1.29 is 5.11 Å². The van der Waals surface area contributed by atoms with Crippen molar-refractivity contribution in [1.29, 1.82) is 0 Å². The van der Waals surface area contributed by atoms with Gasteiger partial charge in [0.25, 0.3) is 0 Å². The van der Waals surface area contributed by atoms with Crippen molar-refractivity contribution in [2.45, 2.75) is 58.0 Å². The SMILES string of the molecule is CC1=CCC(O)(C2(C)CCCCC2)C=C1. The van der Waals surface area contributed by atoms with Crippen LogP contribution in [0.3, 0.4) is 0 Å². The molecular formula is C14H22O. The van der Waals surface area contributed by atoms with Gasteiger partial charge in [-0.3, -0.25) is 0 Å². The maximum atomic E-state index is 10.7. The third-order valence-corrected chi connectivity index (χ3v) is 4.36. The molecule has 1 N–H and O–H groups in total. The van der Waals surface area contributed by atoms with Crippen molar-refractivity contribution >= 4 is 0 Å². The lowest BCUT2D eigenvalue weighted by molar-refractivity contribution is -0.0547. The number of aliphatic hydroxyl groups is 1. The summed E-state index contributed by atoms with van der Waals surface area (Å²) in [5, 5.41) is 10.7. The van der Waals surface area contributed by atoms with Crippen molar-refractivity contribution in [1.82, 2.24) is 0 Å². The Morgan fingerprint density at radius 2 is 1.87 bits per heavy atom. The van der Waals surface area contributed by atoms with E-state index in [1.807, 2.05) is 6.08 Å². The topological polar surface area (TPSA) is 20.2 Å². The minimum atomic E-state index is -0.590. The van der Waals surface area contributed by atoms with Crippen LogP contribution in [0.15, 0.2) is 23.8 Å². The second-order valence-electron chi connectivity index (χ2n) is 5.53. The molecule has 1 fully saturated rings. The Hall–Kier alpha value is -0.560. The van der Waals surface area contributed by atoms with Gasteiger partial charge in [-0.25, -0.2) is 0 Å². The normalized spacial score (nSPS) is 35.0. The molecule has 1 atom stereocenters. The highest BCUT2D eigenvalue weighted by molar-refractivity contribution is 5.28. The zero-order valence-electron chi connectivity index (χ0n) is 9.92. The zero-order chi connectivity index (χ0) is 10.9. The summed E-state index contributed by atoms with van der Waals surface area (Å²) in [6.07, 6.45) is 13.3. The molecule has 0 bridgehead atoms. The minimum Gasteiger partial charge on any atom is -0.385 e. The van der Waals surface area contributed by atoms with Crippen LogP contribution in [-0.2, 0) is 0 Å². The van der Waals surface area contributed by atoms with E-state index in [2.05, 4.69) is 26.0 Å². The molecule has 1 heteroatoms. The van der Waals surface area contributed by atoms with E-state index >= 15 is 0 Å². The van der Waals surface area contributed by atoms with E-state index in [0.717, 1.165) is 6.42 Å². The van der Waals surface area contributed by atoms with Crippen molar-refractivity contribution in [3.63, 3.8) is 0 Å². The highest BCUT2D eigenvalue weighted by atomic mass is 16.3. The van der Waals surface area contributed by atoms with Crippen LogP contribution in [0.4, 0.5) is 0 Å². The van der Waals surface area contributed by atoms with Crippen LogP contribution >= 0.6 is 0 Å². The molecule has 15 heavy (non-hydrogen) atoms. The van der Waals surface area contributed by atoms with Gasteiger partial charge in [0.2, 0.25) is 0 Å². The molecule has 0 radical (unpaired) electrons. The highest BCUT2D eigenvalue weighted by Crippen LogP contribution is 2.48. The van der Waals surface area contributed by atoms with E-state index in [-0.39, 0.29) is 5.41 Å². The first kappa shape index (κ1) is 10.9. The summed E-state index contributed by atoms with van der Waals surface area (Å²) in [7, 11) is 0. The third-order valence-electron chi connectivity index (χ3n) is 4.36. The van der Waals surface area contributed by atoms with Gasteiger partial charge in [0.1, 0.15) is 0 Å². The van der Waals surface area contributed by atoms with E-state index < -0.39 is 5.60 Å². The number of rotatable bonds is 1. The summed E-state index contributed by atoms with van der Waals surface area (Å²) in [5.74, 6) is 0. The smallest absolute Gasteiger partial charge is 0.0918 e. The van der Waals surface area contributed by atoms with Crippen molar-refractivity contribution in [2.24, 2.45) is 5.41 Å². The maximum Gasteiger partial charge on any atom is 0.0918 e. The van der Waals surface area contributed by atoms with Crippen LogP contribution in [0.1, 0.15) is 52.4 Å². The summed E-state index contributed by atoms with van der Waals surface area (Å²) in [4.78, 5) is 0. The molecule has 0 spiro atoms. The van der Waals surface area contributed by atoms with Gasteiger partial charge in [0, 0.05) is 5.41 Å². The largest absolute Gasteiger partial charge is 0.385 e. The van der Waals surface area contributed by atoms with Crippen LogP contribution in [-0.4, -0.2) is 10.7 Å². The van der Waals surface area contributed by atoms with E-state index in [1.165, 1.54) is 37.7 Å². The summed E-state index contributed by atoms with van der Waals surface area (Å²) in [6, 6.07) is 0. The molecule has 1 unspecified atom stereocenters. The fraction of sp³-hybridized carbons (Fsp3) is 0.714. The van der Waals surface area contributed by atoms with E-state index in [0.29, 0.717) is 0 Å². The molecule has 0 saturated heterocycles. The molecule has 1 saturated carbocycles. The van der Waals surface area contributed by atoms with E-state index in [9.17, 15) is 5.11 Å². The van der Waals surface area contributed by atoms with Crippen LogP contribution in [0.5, 0.6) is 0 Å². The Balaban J connectivity index is 2.18.